The summed E-state index contributed by atoms with van der Waals surface area (Å²) in [7, 11) is 0. The third-order valence-electron chi connectivity index (χ3n) is 2.64. The molecule has 0 aliphatic rings. The smallest absolute Gasteiger partial charge is 0.335 e. The van der Waals surface area contributed by atoms with Crippen LogP contribution in [0.3, 0.4) is 0 Å². The molecular weight excluding hydrogens is 382 g/mol. The number of carboxylic acids is 1. The molecule has 0 atom stereocenters. The quantitative estimate of drug-likeness (QED) is 0.264. The number of carboxylic acid groups (broad SMARTS) is 1. The molecule has 0 heterocycles. The largest absolute Gasteiger partial charge is 0.506 e. The highest BCUT2D eigenvalue weighted by atomic mass is 79.9. The van der Waals surface area contributed by atoms with E-state index in [1.54, 1.807) is 18.2 Å². The van der Waals surface area contributed by atoms with E-state index in [-0.39, 0.29) is 11.3 Å². The lowest BCUT2D eigenvalue weighted by molar-refractivity contribution is -0.132. The first-order valence-electron chi connectivity index (χ1n) is 7.67. The minimum absolute atomic E-state index is 0.117. The van der Waals surface area contributed by atoms with E-state index >= 15 is 0 Å². The number of hydrogen-bond donors (Lipinski definition) is 2. The van der Waals surface area contributed by atoms with Crippen molar-refractivity contribution in [3.63, 3.8) is 0 Å². The maximum atomic E-state index is 10.4. The lowest BCUT2D eigenvalue weighted by Gasteiger charge is -1.98. The van der Waals surface area contributed by atoms with Crippen LogP contribution < -0.4 is 0 Å². The molecule has 136 valence electrons. The number of aliphatic hydroxyl groups is 1. The summed E-state index contributed by atoms with van der Waals surface area (Å²) in [6, 6.07) is 7.32. The molecule has 4 nitrogen and oxygen atoms in total. The predicted molar refractivity (Wildman–Crippen MR) is 111 cm³/mol. The molecule has 1 aromatic carbocycles. The van der Waals surface area contributed by atoms with E-state index in [9.17, 15) is 9.90 Å². The van der Waals surface area contributed by atoms with Crippen molar-refractivity contribution in [3.8, 4) is 0 Å². The molecule has 0 aliphatic heterocycles. The summed E-state index contributed by atoms with van der Waals surface area (Å²) in [5, 5.41) is 17.9. The fourth-order valence-electron chi connectivity index (χ4n) is 1.35. The molecule has 0 saturated carbocycles. The Morgan fingerprint density at radius 3 is 2.28 bits per heavy atom. The average Bonchev–Trinajstić information content (AvgIpc) is 2.61. The summed E-state index contributed by atoms with van der Waals surface area (Å²) < 4.78 is 0.920. The van der Waals surface area contributed by atoms with E-state index in [1.165, 1.54) is 12.3 Å². The van der Waals surface area contributed by atoms with Crippen LogP contribution in [0.15, 0.2) is 75.9 Å². The van der Waals surface area contributed by atoms with Crippen LogP contribution in [0.25, 0.3) is 5.76 Å². The van der Waals surface area contributed by atoms with Crippen molar-refractivity contribution in [3.05, 3.63) is 76.5 Å². The summed E-state index contributed by atoms with van der Waals surface area (Å²) in [6.07, 6.45) is 6.05. The minimum atomic E-state index is -0.943. The zero-order valence-electron chi connectivity index (χ0n) is 15.2. The number of hydrogen-bond acceptors (Lipinski definition) is 3. The molecule has 1 aromatic rings. The zero-order chi connectivity index (χ0) is 19.8. The molecule has 0 saturated heterocycles. The summed E-state index contributed by atoms with van der Waals surface area (Å²) in [5.41, 5.74) is 1.86. The Morgan fingerprint density at radius 2 is 1.88 bits per heavy atom. The number of benzene rings is 1. The van der Waals surface area contributed by atoms with E-state index in [0.717, 1.165) is 15.6 Å². The van der Waals surface area contributed by atoms with Crippen LogP contribution in [0.1, 0.15) is 33.3 Å². The number of allylic oxidation sites excluding steroid dienone is 3. The van der Waals surface area contributed by atoms with Crippen LogP contribution in [-0.2, 0) is 4.79 Å². The van der Waals surface area contributed by atoms with Gasteiger partial charge >= 0.3 is 5.97 Å². The number of nitrogens with zero attached hydrogens (tertiary/aromatic N) is 1. The van der Waals surface area contributed by atoms with Crippen molar-refractivity contribution in [2.75, 3.05) is 0 Å². The molecule has 25 heavy (non-hydrogen) atoms. The first-order chi connectivity index (χ1) is 11.8. The van der Waals surface area contributed by atoms with Gasteiger partial charge in [-0.25, -0.2) is 4.79 Å². The fraction of sp³-hybridized carbons (Fsp3) is 0.200. The van der Waals surface area contributed by atoms with Crippen molar-refractivity contribution in [2.45, 2.75) is 27.7 Å². The summed E-state index contributed by atoms with van der Waals surface area (Å²) >= 11 is 3.30. The monoisotopic (exact) mass is 407 g/mol. The van der Waals surface area contributed by atoms with Gasteiger partial charge < -0.3 is 10.2 Å². The van der Waals surface area contributed by atoms with Gasteiger partial charge in [-0.3, -0.25) is 4.99 Å². The number of rotatable bonds is 5. The molecule has 5 heteroatoms. The van der Waals surface area contributed by atoms with Gasteiger partial charge in [0.25, 0.3) is 0 Å². The SMILES string of the molecule is C=C/C(=C\C(C)=C/C)C(=O)O.C=N/C=C(\O)c1cccc(Br)c1.CC. The summed E-state index contributed by atoms with van der Waals surface area (Å²) in [5.74, 6) is -0.826. The van der Waals surface area contributed by atoms with Crippen LogP contribution in [0.5, 0.6) is 0 Å². The van der Waals surface area contributed by atoms with Gasteiger partial charge in [-0.2, -0.15) is 0 Å². The van der Waals surface area contributed by atoms with Crippen molar-refractivity contribution >= 4 is 34.4 Å². The number of carbonyl (C=O) groups is 1. The summed E-state index contributed by atoms with van der Waals surface area (Å²) in [4.78, 5) is 13.9. The van der Waals surface area contributed by atoms with E-state index in [2.05, 4.69) is 34.2 Å². The number of halogens is 1. The van der Waals surface area contributed by atoms with E-state index < -0.39 is 5.97 Å². The Bertz CT molecular complexity index is 659. The highest BCUT2D eigenvalue weighted by molar-refractivity contribution is 9.10. The molecule has 0 radical (unpaired) electrons. The van der Waals surface area contributed by atoms with E-state index in [0.29, 0.717) is 0 Å². The van der Waals surface area contributed by atoms with Gasteiger partial charge in [0, 0.05) is 10.0 Å². The first-order valence-corrected chi connectivity index (χ1v) is 8.46. The Balaban J connectivity index is 0. The molecule has 0 bridgehead atoms. The molecule has 1 rings (SSSR count). The Kier molecular flexibility index (Phi) is 15.1. The maximum Gasteiger partial charge on any atom is 0.335 e. The number of aliphatic carboxylic acids is 1. The van der Waals surface area contributed by atoms with E-state index in [4.69, 9.17) is 5.11 Å². The van der Waals surface area contributed by atoms with Gasteiger partial charge in [0.1, 0.15) is 5.76 Å². The first kappa shape index (κ1) is 24.8. The third kappa shape index (κ3) is 11.7. The van der Waals surface area contributed by atoms with Crippen LogP contribution in [0.4, 0.5) is 0 Å². The van der Waals surface area contributed by atoms with Crippen molar-refractivity contribution in [1.82, 2.24) is 0 Å². The van der Waals surface area contributed by atoms with Crippen molar-refractivity contribution in [2.24, 2.45) is 4.99 Å². The van der Waals surface area contributed by atoms with Gasteiger partial charge in [-0.05, 0) is 38.8 Å². The molecule has 0 unspecified atom stereocenters. The molecule has 0 aromatic heterocycles. The Hall–Kier alpha value is -2.40. The van der Waals surface area contributed by atoms with Crippen LogP contribution >= 0.6 is 15.9 Å². The van der Waals surface area contributed by atoms with Gasteiger partial charge in [0.15, 0.2) is 0 Å². The molecule has 0 aliphatic carbocycles. The highest BCUT2D eigenvalue weighted by Crippen LogP contribution is 2.16. The second-order valence-corrected chi connectivity index (χ2v) is 5.26. The standard InChI is InChI=1S/C9H8BrNO.C9H12O2.C2H6/c1-11-6-9(12)7-3-2-4-8(10)5-7;1-4-7(3)6-8(5-2)9(10)11;1-2/h2-6,12H,1H2;4-6H,2H2,1,3H3,(H,10,11);1-2H3/b9-6-;7-4-,8-6+;. The van der Waals surface area contributed by atoms with Crippen LogP contribution in [-0.4, -0.2) is 22.9 Å². The number of aliphatic imine (C=N–C) groups is 1. The van der Waals surface area contributed by atoms with Crippen molar-refractivity contribution < 1.29 is 15.0 Å². The Morgan fingerprint density at radius 1 is 1.28 bits per heavy atom. The molecule has 2 N–H and O–H groups in total. The molecule has 0 spiro atoms. The number of aliphatic hydroxyl groups excluding tert-OH is 1. The van der Waals surface area contributed by atoms with Gasteiger partial charge in [-0.15, -0.1) is 0 Å². The normalized spacial score (nSPS) is 11.3. The van der Waals surface area contributed by atoms with Gasteiger partial charge in [-0.1, -0.05) is 66.2 Å². The second-order valence-electron chi connectivity index (χ2n) is 4.35. The summed E-state index contributed by atoms with van der Waals surface area (Å²) in [6.45, 7) is 14.3. The van der Waals surface area contributed by atoms with Gasteiger partial charge in [0.2, 0.25) is 0 Å². The highest BCUT2D eigenvalue weighted by Gasteiger charge is 2.00. The van der Waals surface area contributed by atoms with Crippen molar-refractivity contribution in [1.29, 1.82) is 0 Å². The average molecular weight is 408 g/mol. The zero-order valence-corrected chi connectivity index (χ0v) is 16.7. The van der Waals surface area contributed by atoms with Gasteiger partial charge in [0.05, 0.1) is 11.8 Å². The minimum Gasteiger partial charge on any atom is -0.506 e. The fourth-order valence-corrected chi connectivity index (χ4v) is 1.74. The maximum absolute atomic E-state index is 10.4. The Labute approximate surface area is 158 Å². The van der Waals surface area contributed by atoms with Crippen LogP contribution in [0.2, 0.25) is 0 Å². The van der Waals surface area contributed by atoms with E-state index in [1.807, 2.05) is 45.9 Å². The predicted octanol–water partition coefficient (Wildman–Crippen LogP) is 6.18. The molecule has 0 amide bonds. The topological polar surface area (TPSA) is 69.9 Å². The third-order valence-corrected chi connectivity index (χ3v) is 3.13. The molecule has 0 fully saturated rings. The second kappa shape index (κ2) is 15.1. The lowest BCUT2D eigenvalue weighted by atomic mass is 10.1. The lowest BCUT2D eigenvalue weighted by Crippen LogP contribution is -1.96. The molecular formula is C20H26BrNO3. The van der Waals surface area contributed by atoms with Crippen LogP contribution in [0, 0.1) is 0 Å².